The molecule has 2 aromatic rings. The molecule has 0 atom stereocenters. The second-order valence-corrected chi connectivity index (χ2v) is 7.06. The first kappa shape index (κ1) is 22.8. The van der Waals surface area contributed by atoms with E-state index in [0.29, 0.717) is 35.3 Å². The van der Waals surface area contributed by atoms with Crippen molar-refractivity contribution in [2.24, 2.45) is 10.2 Å². The summed E-state index contributed by atoms with van der Waals surface area (Å²) in [4.78, 5) is 35.1. The minimum absolute atomic E-state index is 0.0312. The summed E-state index contributed by atoms with van der Waals surface area (Å²) in [5.41, 5.74) is 3.60. The molecule has 0 radical (unpaired) electrons. The maximum Gasteiger partial charge on any atom is 0.276 e. The quantitative estimate of drug-likeness (QED) is 0.207. The van der Waals surface area contributed by atoms with E-state index < -0.39 is 17.6 Å². The van der Waals surface area contributed by atoms with E-state index in [1.807, 2.05) is 0 Å². The zero-order chi connectivity index (χ0) is 22.9. The number of fused-ring (bicyclic) bond motifs is 1. The number of hydroxylamine groups is 1. The van der Waals surface area contributed by atoms with Gasteiger partial charge < -0.3 is 10.6 Å². The first-order chi connectivity index (χ1) is 15.5. The predicted molar refractivity (Wildman–Crippen MR) is 116 cm³/mol. The fourth-order valence-corrected chi connectivity index (χ4v) is 3.05. The molecule has 32 heavy (non-hydrogen) atoms. The fourth-order valence-electron chi connectivity index (χ4n) is 3.05. The number of unbranched alkanes of at least 4 members (excludes halogenated alkanes) is 2. The van der Waals surface area contributed by atoms with E-state index in [4.69, 9.17) is 5.21 Å². The molecule has 0 spiro atoms. The van der Waals surface area contributed by atoms with Crippen LogP contribution in [0.3, 0.4) is 0 Å². The summed E-state index contributed by atoms with van der Waals surface area (Å²) in [5.74, 6) is -1.57. The van der Waals surface area contributed by atoms with E-state index in [2.05, 4.69) is 20.8 Å². The Morgan fingerprint density at radius 3 is 2.62 bits per heavy atom. The van der Waals surface area contributed by atoms with Gasteiger partial charge >= 0.3 is 0 Å². The van der Waals surface area contributed by atoms with E-state index >= 15 is 0 Å². The third kappa shape index (κ3) is 6.05. The standard InChI is InChI=1S/C22H22FN5O4/c23-16-9-10-18-17(12-16)20(22(31)26-18)27-25-13-14-5-7-15(8-6-14)21(30)24-11-3-1-2-4-19(29)28-32/h5-10,12-13,32H,1-4,11H2,(H,24,30)(H,28,29)(H,26,27,31). The van der Waals surface area contributed by atoms with E-state index in [1.165, 1.54) is 24.4 Å². The summed E-state index contributed by atoms with van der Waals surface area (Å²) < 4.78 is 13.4. The minimum atomic E-state index is -0.472. The molecule has 3 amide bonds. The number of hydrogen-bond acceptors (Lipinski definition) is 6. The van der Waals surface area contributed by atoms with Crippen LogP contribution in [-0.2, 0) is 9.59 Å². The molecule has 9 nitrogen and oxygen atoms in total. The number of carbonyl (C=O) groups excluding carboxylic acids is 3. The maximum absolute atomic E-state index is 13.4. The normalized spacial score (nSPS) is 13.8. The molecule has 0 aromatic heterocycles. The first-order valence-corrected chi connectivity index (χ1v) is 10.0. The molecule has 2 aromatic carbocycles. The summed E-state index contributed by atoms with van der Waals surface area (Å²) in [5, 5.41) is 21.6. The number of nitrogens with zero attached hydrogens (tertiary/aromatic N) is 2. The van der Waals surface area contributed by atoms with E-state index in [9.17, 15) is 18.8 Å². The van der Waals surface area contributed by atoms with Crippen LogP contribution in [0, 0.1) is 5.82 Å². The monoisotopic (exact) mass is 439 g/mol. The van der Waals surface area contributed by atoms with E-state index in [1.54, 1.807) is 29.7 Å². The smallest absolute Gasteiger partial charge is 0.276 e. The van der Waals surface area contributed by atoms with Gasteiger partial charge in [-0.2, -0.15) is 5.10 Å². The van der Waals surface area contributed by atoms with Crippen LogP contribution in [0.15, 0.2) is 52.7 Å². The van der Waals surface area contributed by atoms with Crippen LogP contribution < -0.4 is 16.1 Å². The van der Waals surface area contributed by atoms with Gasteiger partial charge in [-0.1, -0.05) is 18.6 Å². The van der Waals surface area contributed by atoms with Crippen molar-refractivity contribution in [1.29, 1.82) is 0 Å². The van der Waals surface area contributed by atoms with Gasteiger partial charge in [-0.05, 0) is 48.7 Å². The molecule has 10 heteroatoms. The summed E-state index contributed by atoms with van der Waals surface area (Å²) in [7, 11) is 0. The van der Waals surface area contributed by atoms with Crippen LogP contribution in [0.1, 0.15) is 47.2 Å². The molecule has 166 valence electrons. The van der Waals surface area contributed by atoms with Crippen molar-refractivity contribution >= 4 is 35.3 Å². The average molecular weight is 439 g/mol. The molecule has 0 fully saturated rings. The van der Waals surface area contributed by atoms with Gasteiger partial charge in [0.15, 0.2) is 5.71 Å². The van der Waals surface area contributed by atoms with Gasteiger partial charge in [0.05, 0.1) is 11.9 Å². The van der Waals surface area contributed by atoms with Gasteiger partial charge in [0, 0.05) is 24.1 Å². The number of hydrogen-bond donors (Lipinski definition) is 4. The molecule has 1 aliphatic rings. The number of anilines is 1. The molecular weight excluding hydrogens is 417 g/mol. The number of amides is 3. The van der Waals surface area contributed by atoms with E-state index in [0.717, 1.165) is 12.8 Å². The van der Waals surface area contributed by atoms with Crippen molar-refractivity contribution in [1.82, 2.24) is 10.8 Å². The number of carbonyl (C=O) groups is 3. The maximum atomic E-state index is 13.4. The lowest BCUT2D eigenvalue weighted by Gasteiger charge is -2.05. The lowest BCUT2D eigenvalue weighted by atomic mass is 10.1. The minimum Gasteiger partial charge on any atom is -0.352 e. The number of halogens is 1. The van der Waals surface area contributed by atoms with Gasteiger partial charge in [0.25, 0.3) is 11.8 Å². The largest absolute Gasteiger partial charge is 0.352 e. The Kier molecular flexibility index (Phi) is 7.76. The second-order valence-electron chi connectivity index (χ2n) is 7.06. The third-order valence-electron chi connectivity index (χ3n) is 4.73. The molecule has 0 aliphatic carbocycles. The highest BCUT2D eigenvalue weighted by molar-refractivity contribution is 6.53. The Bertz CT molecular complexity index is 1070. The summed E-state index contributed by atoms with van der Waals surface area (Å²) in [6.07, 6.45) is 3.77. The summed E-state index contributed by atoms with van der Waals surface area (Å²) in [6.45, 7) is 0.477. The Hall–Kier alpha value is -3.92. The molecule has 1 aliphatic heterocycles. The summed E-state index contributed by atoms with van der Waals surface area (Å²) >= 11 is 0. The van der Waals surface area contributed by atoms with Crippen molar-refractivity contribution in [2.45, 2.75) is 25.7 Å². The van der Waals surface area contributed by atoms with Gasteiger partial charge in [-0.25, -0.2) is 9.87 Å². The lowest BCUT2D eigenvalue weighted by Crippen LogP contribution is -2.24. The molecule has 1 heterocycles. The average Bonchev–Trinajstić information content (AvgIpc) is 3.10. The highest BCUT2D eigenvalue weighted by atomic mass is 19.1. The van der Waals surface area contributed by atoms with E-state index in [-0.39, 0.29) is 18.0 Å². The molecule has 0 bridgehead atoms. The number of rotatable bonds is 9. The van der Waals surface area contributed by atoms with Crippen LogP contribution in [0.5, 0.6) is 0 Å². The van der Waals surface area contributed by atoms with Gasteiger partial charge in [0.2, 0.25) is 5.91 Å². The van der Waals surface area contributed by atoms with Crippen molar-refractivity contribution in [3.05, 3.63) is 65.0 Å². The predicted octanol–water partition coefficient (Wildman–Crippen LogP) is 2.40. The molecule has 0 saturated carbocycles. The number of nitrogens with one attached hydrogen (secondary N) is 3. The Morgan fingerprint density at radius 1 is 1.09 bits per heavy atom. The molecule has 0 unspecified atom stereocenters. The van der Waals surface area contributed by atoms with Crippen LogP contribution in [0.25, 0.3) is 0 Å². The Morgan fingerprint density at radius 2 is 1.88 bits per heavy atom. The number of benzene rings is 2. The Balaban J connectivity index is 1.50. The van der Waals surface area contributed by atoms with Crippen molar-refractivity contribution in [3.63, 3.8) is 0 Å². The zero-order valence-electron chi connectivity index (χ0n) is 17.1. The SMILES string of the molecule is O=C(CCCCCNC(=O)c1ccc(C=NN=C2C(=O)Nc3ccc(F)cc32)cc1)NO. The van der Waals surface area contributed by atoms with Crippen LogP contribution in [0.4, 0.5) is 10.1 Å². The highest BCUT2D eigenvalue weighted by Gasteiger charge is 2.26. The molecule has 4 N–H and O–H groups in total. The van der Waals surface area contributed by atoms with Crippen molar-refractivity contribution < 1.29 is 24.0 Å². The van der Waals surface area contributed by atoms with Crippen LogP contribution >= 0.6 is 0 Å². The fraction of sp³-hybridized carbons (Fsp3) is 0.227. The van der Waals surface area contributed by atoms with Gasteiger partial charge in [-0.3, -0.25) is 19.6 Å². The zero-order valence-corrected chi connectivity index (χ0v) is 17.1. The third-order valence-corrected chi connectivity index (χ3v) is 4.73. The van der Waals surface area contributed by atoms with Gasteiger partial charge in [0.1, 0.15) is 5.82 Å². The van der Waals surface area contributed by atoms with Crippen LogP contribution in [-0.4, -0.2) is 41.4 Å². The van der Waals surface area contributed by atoms with Gasteiger partial charge in [-0.15, -0.1) is 5.10 Å². The lowest BCUT2D eigenvalue weighted by molar-refractivity contribution is -0.129. The summed E-state index contributed by atoms with van der Waals surface area (Å²) in [6, 6.07) is 10.6. The molecule has 3 rings (SSSR count). The molecular formula is C22H22FN5O4. The van der Waals surface area contributed by atoms with Crippen molar-refractivity contribution in [3.8, 4) is 0 Å². The Labute approximate surface area is 183 Å². The first-order valence-electron chi connectivity index (χ1n) is 10.0. The highest BCUT2D eigenvalue weighted by Crippen LogP contribution is 2.24. The van der Waals surface area contributed by atoms with Crippen molar-refractivity contribution in [2.75, 3.05) is 11.9 Å². The second kappa shape index (κ2) is 10.9. The van der Waals surface area contributed by atoms with Crippen LogP contribution in [0.2, 0.25) is 0 Å². The molecule has 0 saturated heterocycles. The topological polar surface area (TPSA) is 132 Å².